The summed E-state index contributed by atoms with van der Waals surface area (Å²) < 4.78 is 14.6. The van der Waals surface area contributed by atoms with E-state index >= 15 is 0 Å². The summed E-state index contributed by atoms with van der Waals surface area (Å²) in [6.45, 7) is -0.0928. The zero-order valence-corrected chi connectivity index (χ0v) is 13.8. The van der Waals surface area contributed by atoms with Crippen molar-refractivity contribution >= 4 is 29.4 Å². The van der Waals surface area contributed by atoms with Gasteiger partial charge in [0, 0.05) is 24.2 Å². The summed E-state index contributed by atoms with van der Waals surface area (Å²) in [6, 6.07) is 6.25. The summed E-state index contributed by atoms with van der Waals surface area (Å²) in [7, 11) is 0. The molecule has 130 valence electrons. The maximum Gasteiger partial charge on any atom is 0.404 e. The second-order valence-corrected chi connectivity index (χ2v) is 6.13. The Kier molecular flexibility index (Phi) is 4.85. The molecule has 1 fully saturated rings. The van der Waals surface area contributed by atoms with Crippen LogP contribution in [0.5, 0.6) is 0 Å². The first-order chi connectivity index (χ1) is 12.0. The van der Waals surface area contributed by atoms with E-state index < -0.39 is 11.9 Å². The molecule has 1 heterocycles. The molecule has 1 aliphatic carbocycles. The molecular weight excluding hydrogens is 349 g/mol. The van der Waals surface area contributed by atoms with Gasteiger partial charge in [-0.2, -0.15) is 0 Å². The van der Waals surface area contributed by atoms with Crippen molar-refractivity contribution in [2.75, 3.05) is 5.32 Å². The fourth-order valence-corrected chi connectivity index (χ4v) is 2.59. The number of hydrogen-bond acceptors (Lipinski definition) is 3. The Balaban J connectivity index is 1.84. The molecular formula is C17H15ClFN3O3. The van der Waals surface area contributed by atoms with Crippen molar-refractivity contribution in [2.24, 2.45) is 5.92 Å². The molecule has 0 saturated heterocycles. The second kappa shape index (κ2) is 7.06. The van der Waals surface area contributed by atoms with Gasteiger partial charge in [0.15, 0.2) is 0 Å². The number of aromatic nitrogens is 1. The number of pyridine rings is 1. The first-order valence-corrected chi connectivity index (χ1v) is 8.04. The average Bonchev–Trinajstić information content (AvgIpc) is 3.41. The number of hydrogen-bond donors (Lipinski definition) is 3. The smallest absolute Gasteiger partial charge is 0.404 e. The second-order valence-electron chi connectivity index (χ2n) is 5.75. The van der Waals surface area contributed by atoms with E-state index in [0.717, 1.165) is 12.8 Å². The summed E-state index contributed by atoms with van der Waals surface area (Å²) >= 11 is 6.01. The van der Waals surface area contributed by atoms with Crippen LogP contribution in [0.2, 0.25) is 5.02 Å². The number of carboxylic acid groups (broad SMARTS) is 1. The maximum atomic E-state index is 14.6. The summed E-state index contributed by atoms with van der Waals surface area (Å²) in [4.78, 5) is 26.4. The molecule has 2 amide bonds. The standard InChI is InChI=1S/C17H15ClFN3O3/c18-14-11(8-21-17(24)25)3-4-12(15(14)19)10-5-6-20-13(7-10)22-16(23)9-1-2-9/h3-7,9,21H,1-2,8H2,(H,24,25)(H,20,22,23). The van der Waals surface area contributed by atoms with Gasteiger partial charge in [0.05, 0.1) is 5.02 Å². The number of benzene rings is 1. The predicted molar refractivity (Wildman–Crippen MR) is 90.9 cm³/mol. The van der Waals surface area contributed by atoms with E-state index in [2.05, 4.69) is 15.6 Å². The molecule has 0 radical (unpaired) electrons. The monoisotopic (exact) mass is 363 g/mol. The van der Waals surface area contributed by atoms with Gasteiger partial charge in [0.2, 0.25) is 5.91 Å². The number of amides is 2. The molecule has 0 atom stereocenters. The van der Waals surface area contributed by atoms with Crippen molar-refractivity contribution in [3.8, 4) is 11.1 Å². The van der Waals surface area contributed by atoms with Crippen molar-refractivity contribution < 1.29 is 19.1 Å². The van der Waals surface area contributed by atoms with Gasteiger partial charge in [-0.1, -0.05) is 23.7 Å². The van der Waals surface area contributed by atoms with Gasteiger partial charge in [-0.15, -0.1) is 0 Å². The molecule has 0 bridgehead atoms. The molecule has 8 heteroatoms. The summed E-state index contributed by atoms with van der Waals surface area (Å²) in [5.74, 6) is -0.352. The Bertz CT molecular complexity index is 840. The number of nitrogens with zero attached hydrogens (tertiary/aromatic N) is 1. The highest BCUT2D eigenvalue weighted by atomic mass is 35.5. The van der Waals surface area contributed by atoms with Crippen LogP contribution in [0.25, 0.3) is 11.1 Å². The third kappa shape index (κ3) is 4.06. The first-order valence-electron chi connectivity index (χ1n) is 7.66. The number of nitrogens with one attached hydrogen (secondary N) is 2. The molecule has 0 spiro atoms. The predicted octanol–water partition coefficient (Wildman–Crippen LogP) is 3.66. The number of carbonyl (C=O) groups excluding carboxylic acids is 1. The lowest BCUT2D eigenvalue weighted by molar-refractivity contribution is -0.117. The minimum absolute atomic E-state index is 0.0395. The third-order valence-electron chi connectivity index (χ3n) is 3.86. The Morgan fingerprint density at radius 1 is 1.32 bits per heavy atom. The SMILES string of the molecule is O=C(O)NCc1ccc(-c2ccnc(NC(=O)C3CC3)c2)c(F)c1Cl. The highest BCUT2D eigenvalue weighted by Gasteiger charge is 2.29. The molecule has 25 heavy (non-hydrogen) atoms. The fraction of sp³-hybridized carbons (Fsp3) is 0.235. The van der Waals surface area contributed by atoms with Crippen LogP contribution in [0.1, 0.15) is 18.4 Å². The fourth-order valence-electron chi connectivity index (χ4n) is 2.36. The molecule has 1 saturated carbocycles. The zero-order chi connectivity index (χ0) is 18.0. The Morgan fingerprint density at radius 2 is 2.08 bits per heavy atom. The normalized spacial score (nSPS) is 13.4. The topological polar surface area (TPSA) is 91.3 Å². The summed E-state index contributed by atoms with van der Waals surface area (Å²) in [6.07, 6.45) is 2.01. The Morgan fingerprint density at radius 3 is 2.76 bits per heavy atom. The molecule has 3 N–H and O–H groups in total. The summed E-state index contributed by atoms with van der Waals surface area (Å²) in [5, 5.41) is 13.3. The van der Waals surface area contributed by atoms with Gasteiger partial charge in [-0.25, -0.2) is 14.2 Å². The van der Waals surface area contributed by atoms with Crippen molar-refractivity contribution in [3.05, 3.63) is 46.9 Å². The van der Waals surface area contributed by atoms with Crippen LogP contribution in [0, 0.1) is 11.7 Å². The van der Waals surface area contributed by atoms with Crippen LogP contribution >= 0.6 is 11.6 Å². The van der Waals surface area contributed by atoms with Crippen molar-refractivity contribution in [1.29, 1.82) is 0 Å². The number of rotatable bonds is 5. The van der Waals surface area contributed by atoms with E-state index in [-0.39, 0.29) is 29.0 Å². The van der Waals surface area contributed by atoms with Crippen LogP contribution in [-0.4, -0.2) is 22.1 Å². The first kappa shape index (κ1) is 17.2. The van der Waals surface area contributed by atoms with Gasteiger partial charge in [0.25, 0.3) is 0 Å². The Labute approximate surface area is 148 Å². The number of halogens is 2. The lowest BCUT2D eigenvalue weighted by atomic mass is 10.0. The molecule has 0 aliphatic heterocycles. The highest BCUT2D eigenvalue weighted by molar-refractivity contribution is 6.31. The van der Waals surface area contributed by atoms with Gasteiger partial charge in [-0.05, 0) is 36.1 Å². The van der Waals surface area contributed by atoms with Crippen molar-refractivity contribution in [1.82, 2.24) is 10.3 Å². The Hall–Kier alpha value is -2.67. The largest absolute Gasteiger partial charge is 0.465 e. The van der Waals surface area contributed by atoms with Crippen molar-refractivity contribution in [3.63, 3.8) is 0 Å². The number of carbonyl (C=O) groups is 2. The lowest BCUT2D eigenvalue weighted by Gasteiger charge is -2.11. The van der Waals surface area contributed by atoms with Gasteiger partial charge < -0.3 is 15.7 Å². The van der Waals surface area contributed by atoms with E-state index in [4.69, 9.17) is 16.7 Å². The van der Waals surface area contributed by atoms with E-state index in [1.807, 2.05) is 0 Å². The molecule has 6 nitrogen and oxygen atoms in total. The van der Waals surface area contributed by atoms with E-state index in [0.29, 0.717) is 16.9 Å². The quantitative estimate of drug-likeness (QED) is 0.756. The lowest BCUT2D eigenvalue weighted by Crippen LogP contribution is -2.20. The molecule has 1 aromatic carbocycles. The maximum absolute atomic E-state index is 14.6. The summed E-state index contributed by atoms with van der Waals surface area (Å²) in [5.41, 5.74) is 1.09. The van der Waals surface area contributed by atoms with Crippen LogP contribution in [0.3, 0.4) is 0 Å². The third-order valence-corrected chi connectivity index (χ3v) is 4.27. The van der Waals surface area contributed by atoms with Crippen LogP contribution in [-0.2, 0) is 11.3 Å². The van der Waals surface area contributed by atoms with Gasteiger partial charge >= 0.3 is 6.09 Å². The van der Waals surface area contributed by atoms with Crippen LogP contribution < -0.4 is 10.6 Å². The highest BCUT2D eigenvalue weighted by Crippen LogP contribution is 2.32. The minimum atomic E-state index is -1.22. The van der Waals surface area contributed by atoms with E-state index in [1.165, 1.54) is 12.3 Å². The minimum Gasteiger partial charge on any atom is -0.465 e. The molecule has 1 aliphatic rings. The van der Waals surface area contributed by atoms with Crippen LogP contribution in [0.15, 0.2) is 30.5 Å². The molecule has 0 unspecified atom stereocenters. The zero-order valence-electron chi connectivity index (χ0n) is 13.1. The van der Waals surface area contributed by atoms with Crippen LogP contribution in [0.4, 0.5) is 15.0 Å². The van der Waals surface area contributed by atoms with Gasteiger partial charge in [-0.3, -0.25) is 4.79 Å². The molecule has 1 aromatic heterocycles. The van der Waals surface area contributed by atoms with Crippen molar-refractivity contribution in [2.45, 2.75) is 19.4 Å². The van der Waals surface area contributed by atoms with E-state index in [1.54, 1.807) is 18.2 Å². The molecule has 2 aromatic rings. The van der Waals surface area contributed by atoms with E-state index in [9.17, 15) is 14.0 Å². The number of anilines is 1. The van der Waals surface area contributed by atoms with Gasteiger partial charge in [0.1, 0.15) is 11.6 Å². The molecule has 3 rings (SSSR count). The average molecular weight is 364 g/mol.